The highest BCUT2D eigenvalue weighted by atomic mass is 32.2. The number of ether oxygens (including phenoxy) is 2. The SMILES string of the molecule is CNC(=O)COC1(c2cc(F)c(CN3[C@@H](C)CC[C@H](c4ccccc4)S3(=O)=O)cc2F)CC2(COC2)C1. The second kappa shape index (κ2) is 9.72. The van der Waals surface area contributed by atoms with Crippen molar-refractivity contribution in [3.63, 3.8) is 0 Å². The van der Waals surface area contributed by atoms with Crippen LogP contribution in [0.5, 0.6) is 0 Å². The molecule has 0 radical (unpaired) electrons. The van der Waals surface area contributed by atoms with Gasteiger partial charge in [0, 0.05) is 36.2 Å². The van der Waals surface area contributed by atoms with Crippen molar-refractivity contribution in [2.24, 2.45) is 5.41 Å². The van der Waals surface area contributed by atoms with Crippen molar-refractivity contribution in [2.75, 3.05) is 26.9 Å². The van der Waals surface area contributed by atoms with Crippen molar-refractivity contribution in [3.05, 3.63) is 70.8 Å². The van der Waals surface area contributed by atoms with Gasteiger partial charge in [-0.1, -0.05) is 30.3 Å². The number of carbonyl (C=O) groups is 1. The van der Waals surface area contributed by atoms with E-state index in [1.807, 2.05) is 6.07 Å². The number of sulfonamides is 1. The molecular formula is C27H32F2N2O5S. The van der Waals surface area contributed by atoms with Gasteiger partial charge in [0.25, 0.3) is 0 Å². The van der Waals surface area contributed by atoms with E-state index in [2.05, 4.69) is 5.32 Å². The number of halogens is 2. The number of amides is 1. The standard InChI is InChI=1S/C27H32F2N2O5S/c1-18-8-9-24(19-6-4-3-5-7-19)37(33,34)31(18)12-20-10-23(29)21(11-22(20)28)27(36-13-25(32)30-2)14-26(15-27)16-35-17-26/h3-7,10-11,18,24H,8-9,12-17H2,1-2H3,(H,30,32)/t18-,24+/m0/s1. The van der Waals surface area contributed by atoms with E-state index < -0.39 is 32.5 Å². The Bertz CT molecular complexity index is 1280. The average Bonchev–Trinajstić information content (AvgIpc) is 2.82. The molecule has 2 saturated heterocycles. The second-order valence-corrected chi connectivity index (χ2v) is 12.7. The molecule has 1 amide bonds. The molecule has 3 fully saturated rings. The van der Waals surface area contributed by atoms with Gasteiger partial charge in [-0.05, 0) is 50.3 Å². The minimum atomic E-state index is -3.80. The van der Waals surface area contributed by atoms with E-state index in [0.717, 1.165) is 12.1 Å². The lowest BCUT2D eigenvalue weighted by Gasteiger charge is -2.59. The maximum Gasteiger partial charge on any atom is 0.245 e. The van der Waals surface area contributed by atoms with E-state index in [-0.39, 0.29) is 41.6 Å². The topological polar surface area (TPSA) is 84.9 Å². The minimum Gasteiger partial charge on any atom is -0.380 e. The Labute approximate surface area is 216 Å². The van der Waals surface area contributed by atoms with Crippen molar-refractivity contribution >= 4 is 15.9 Å². The Morgan fingerprint density at radius 1 is 1.14 bits per heavy atom. The number of carbonyl (C=O) groups excluding carboxylic acids is 1. The molecule has 5 rings (SSSR count). The number of benzene rings is 2. The van der Waals surface area contributed by atoms with Crippen LogP contribution >= 0.6 is 0 Å². The fourth-order valence-electron chi connectivity index (χ4n) is 5.98. The van der Waals surface area contributed by atoms with E-state index in [0.29, 0.717) is 44.5 Å². The van der Waals surface area contributed by atoms with Gasteiger partial charge in [-0.3, -0.25) is 4.79 Å². The Hall–Kier alpha value is -2.40. The summed E-state index contributed by atoms with van der Waals surface area (Å²) < 4.78 is 70.6. The lowest BCUT2D eigenvalue weighted by atomic mass is 9.55. The smallest absolute Gasteiger partial charge is 0.245 e. The van der Waals surface area contributed by atoms with Gasteiger partial charge in [0.05, 0.1) is 18.8 Å². The predicted molar refractivity (Wildman–Crippen MR) is 133 cm³/mol. The van der Waals surface area contributed by atoms with Crippen molar-refractivity contribution in [3.8, 4) is 0 Å². The van der Waals surface area contributed by atoms with E-state index in [1.54, 1.807) is 31.2 Å². The molecule has 0 unspecified atom stereocenters. The van der Waals surface area contributed by atoms with E-state index in [1.165, 1.54) is 11.4 Å². The summed E-state index contributed by atoms with van der Waals surface area (Å²) in [6.45, 7) is 2.29. The van der Waals surface area contributed by atoms with Gasteiger partial charge in [-0.25, -0.2) is 17.2 Å². The molecule has 1 N–H and O–H groups in total. The van der Waals surface area contributed by atoms with Crippen molar-refractivity contribution < 1.29 is 31.5 Å². The maximum atomic E-state index is 15.6. The van der Waals surface area contributed by atoms with Crippen LogP contribution in [0.15, 0.2) is 42.5 Å². The number of nitrogens with one attached hydrogen (secondary N) is 1. The molecule has 1 spiro atoms. The third-order valence-electron chi connectivity index (χ3n) is 8.05. The van der Waals surface area contributed by atoms with Crippen molar-refractivity contribution in [1.82, 2.24) is 9.62 Å². The van der Waals surface area contributed by atoms with Crippen LogP contribution in [-0.4, -0.2) is 51.5 Å². The zero-order chi connectivity index (χ0) is 26.4. The fraction of sp³-hybridized carbons (Fsp3) is 0.519. The Morgan fingerprint density at radius 3 is 2.46 bits per heavy atom. The molecule has 7 nitrogen and oxygen atoms in total. The quantitative estimate of drug-likeness (QED) is 0.585. The summed E-state index contributed by atoms with van der Waals surface area (Å²) in [6, 6.07) is 10.8. The average molecular weight is 535 g/mol. The highest BCUT2D eigenvalue weighted by Gasteiger charge is 2.61. The van der Waals surface area contributed by atoms with Crippen LogP contribution in [0.25, 0.3) is 0 Å². The molecule has 0 bridgehead atoms. The molecule has 2 aliphatic heterocycles. The van der Waals surface area contributed by atoms with Crippen LogP contribution in [-0.2, 0) is 36.4 Å². The maximum absolute atomic E-state index is 15.6. The van der Waals surface area contributed by atoms with Gasteiger partial charge in [0.2, 0.25) is 15.9 Å². The molecule has 1 aliphatic carbocycles. The summed E-state index contributed by atoms with van der Waals surface area (Å²) in [5.74, 6) is -1.74. The summed E-state index contributed by atoms with van der Waals surface area (Å²) >= 11 is 0. The van der Waals surface area contributed by atoms with Crippen LogP contribution < -0.4 is 5.32 Å². The first kappa shape index (κ1) is 26.2. The summed E-state index contributed by atoms with van der Waals surface area (Å²) in [6.07, 6.45) is 1.92. The molecule has 10 heteroatoms. The summed E-state index contributed by atoms with van der Waals surface area (Å²) in [5.41, 5.74) is -0.577. The first-order chi connectivity index (χ1) is 17.6. The predicted octanol–water partition coefficient (Wildman–Crippen LogP) is 3.79. The molecular weight excluding hydrogens is 502 g/mol. The first-order valence-corrected chi connectivity index (χ1v) is 14.1. The second-order valence-electron chi connectivity index (χ2n) is 10.6. The first-order valence-electron chi connectivity index (χ1n) is 12.6. The highest BCUT2D eigenvalue weighted by Crippen LogP contribution is 2.60. The van der Waals surface area contributed by atoms with Crippen LogP contribution in [0.1, 0.15) is 54.5 Å². The number of nitrogens with zero attached hydrogens (tertiary/aromatic N) is 1. The summed E-state index contributed by atoms with van der Waals surface area (Å²) in [4.78, 5) is 11.8. The molecule has 200 valence electrons. The van der Waals surface area contributed by atoms with Gasteiger partial charge in [0.1, 0.15) is 23.5 Å². The molecule has 1 saturated carbocycles. The van der Waals surface area contributed by atoms with Crippen molar-refractivity contribution in [2.45, 2.75) is 56.0 Å². The lowest BCUT2D eigenvalue weighted by Crippen LogP contribution is -2.61. The molecule has 2 aromatic rings. The zero-order valence-electron chi connectivity index (χ0n) is 21.0. The normalized spacial score (nSPS) is 25.7. The molecule has 0 aromatic heterocycles. The Morgan fingerprint density at radius 2 is 1.84 bits per heavy atom. The molecule has 37 heavy (non-hydrogen) atoms. The van der Waals surface area contributed by atoms with E-state index in [4.69, 9.17) is 9.47 Å². The number of likely N-dealkylation sites (N-methyl/N-ethyl adjacent to an activating group) is 1. The third kappa shape index (κ3) is 4.69. The molecule has 2 heterocycles. The van der Waals surface area contributed by atoms with Gasteiger partial charge < -0.3 is 14.8 Å². The van der Waals surface area contributed by atoms with E-state index >= 15 is 8.78 Å². The van der Waals surface area contributed by atoms with E-state index in [9.17, 15) is 13.2 Å². The Kier molecular flexibility index (Phi) is 6.89. The minimum absolute atomic E-state index is 0.0344. The summed E-state index contributed by atoms with van der Waals surface area (Å²) in [5, 5.41) is 1.75. The summed E-state index contributed by atoms with van der Waals surface area (Å²) in [7, 11) is -2.32. The van der Waals surface area contributed by atoms with Crippen LogP contribution in [0, 0.1) is 17.0 Å². The largest absolute Gasteiger partial charge is 0.380 e. The van der Waals surface area contributed by atoms with Gasteiger partial charge in [0.15, 0.2) is 0 Å². The van der Waals surface area contributed by atoms with Gasteiger partial charge >= 0.3 is 0 Å². The Balaban J connectivity index is 1.42. The number of hydrogen-bond donors (Lipinski definition) is 1. The third-order valence-corrected chi connectivity index (χ3v) is 10.4. The lowest BCUT2D eigenvalue weighted by molar-refractivity contribution is -0.261. The van der Waals surface area contributed by atoms with Crippen LogP contribution in [0.3, 0.4) is 0 Å². The molecule has 2 atom stereocenters. The number of hydrogen-bond acceptors (Lipinski definition) is 5. The molecule has 2 aromatic carbocycles. The number of rotatable bonds is 7. The van der Waals surface area contributed by atoms with Gasteiger partial charge in [-0.2, -0.15) is 4.31 Å². The van der Waals surface area contributed by atoms with Gasteiger partial charge in [-0.15, -0.1) is 0 Å². The zero-order valence-corrected chi connectivity index (χ0v) is 21.8. The van der Waals surface area contributed by atoms with Crippen LogP contribution in [0.2, 0.25) is 0 Å². The highest BCUT2D eigenvalue weighted by molar-refractivity contribution is 7.89. The monoisotopic (exact) mass is 534 g/mol. The van der Waals surface area contributed by atoms with Crippen molar-refractivity contribution in [1.29, 1.82) is 0 Å². The fourth-order valence-corrected chi connectivity index (χ4v) is 8.17. The molecule has 3 aliphatic rings. The van der Waals surface area contributed by atoms with Crippen LogP contribution in [0.4, 0.5) is 8.78 Å².